The number of halogens is 1. The number of aromatic amines is 1. The molecule has 1 aromatic carbocycles. The number of carbonyl (C=O) groups excluding carboxylic acids is 1. The Hall–Kier alpha value is -1.88. The van der Waals surface area contributed by atoms with Crippen LogP contribution < -0.4 is 5.32 Å². The SMILES string of the molecule is Cc1nc(NC(=O)Cc2ccc(Cl)cc2)n[nH]1. The Morgan fingerprint density at radius 1 is 1.41 bits per heavy atom. The van der Waals surface area contributed by atoms with Crippen molar-refractivity contribution in [2.75, 3.05) is 5.32 Å². The Bertz CT molecular complexity index is 521. The van der Waals surface area contributed by atoms with Crippen LogP contribution in [0.2, 0.25) is 5.02 Å². The molecule has 2 aromatic rings. The van der Waals surface area contributed by atoms with Crippen LogP contribution in [0.5, 0.6) is 0 Å². The number of hydrogen-bond acceptors (Lipinski definition) is 3. The highest BCUT2D eigenvalue weighted by molar-refractivity contribution is 6.30. The first-order chi connectivity index (χ1) is 8.13. The van der Waals surface area contributed by atoms with E-state index in [1.54, 1.807) is 19.1 Å². The van der Waals surface area contributed by atoms with Crippen molar-refractivity contribution in [3.8, 4) is 0 Å². The third kappa shape index (κ3) is 3.29. The van der Waals surface area contributed by atoms with Crippen LogP contribution in [0.25, 0.3) is 0 Å². The smallest absolute Gasteiger partial charge is 0.248 e. The van der Waals surface area contributed by atoms with E-state index < -0.39 is 0 Å². The number of nitrogens with one attached hydrogen (secondary N) is 2. The minimum atomic E-state index is -0.161. The molecule has 0 radical (unpaired) electrons. The van der Waals surface area contributed by atoms with Crippen LogP contribution in [-0.2, 0) is 11.2 Å². The van der Waals surface area contributed by atoms with Crippen molar-refractivity contribution < 1.29 is 4.79 Å². The van der Waals surface area contributed by atoms with E-state index in [-0.39, 0.29) is 12.3 Å². The maximum Gasteiger partial charge on any atom is 0.248 e. The molecule has 0 bridgehead atoms. The zero-order valence-electron chi connectivity index (χ0n) is 9.20. The molecule has 0 fully saturated rings. The van der Waals surface area contributed by atoms with Crippen LogP contribution in [0.4, 0.5) is 5.95 Å². The lowest BCUT2D eigenvalue weighted by Gasteiger charge is -2.01. The molecule has 0 saturated heterocycles. The number of hydrogen-bond donors (Lipinski definition) is 2. The van der Waals surface area contributed by atoms with Gasteiger partial charge in [-0.2, -0.15) is 4.98 Å². The predicted molar refractivity (Wildman–Crippen MR) is 64.9 cm³/mol. The van der Waals surface area contributed by atoms with Gasteiger partial charge in [0.1, 0.15) is 5.82 Å². The monoisotopic (exact) mass is 250 g/mol. The first-order valence-electron chi connectivity index (χ1n) is 5.07. The van der Waals surface area contributed by atoms with Gasteiger partial charge in [0.25, 0.3) is 0 Å². The van der Waals surface area contributed by atoms with Gasteiger partial charge in [0, 0.05) is 5.02 Å². The molecule has 1 amide bonds. The Kier molecular flexibility index (Phi) is 3.39. The molecule has 5 nitrogen and oxygen atoms in total. The van der Waals surface area contributed by atoms with E-state index in [1.165, 1.54) is 0 Å². The number of aryl methyl sites for hydroxylation is 1. The third-order valence-electron chi connectivity index (χ3n) is 2.13. The highest BCUT2D eigenvalue weighted by atomic mass is 35.5. The molecule has 2 N–H and O–H groups in total. The van der Waals surface area contributed by atoms with Crippen molar-refractivity contribution in [3.05, 3.63) is 40.7 Å². The summed E-state index contributed by atoms with van der Waals surface area (Å²) in [6.45, 7) is 1.77. The lowest BCUT2D eigenvalue weighted by atomic mass is 10.1. The number of anilines is 1. The van der Waals surface area contributed by atoms with E-state index in [0.29, 0.717) is 16.8 Å². The van der Waals surface area contributed by atoms with Gasteiger partial charge < -0.3 is 0 Å². The summed E-state index contributed by atoms with van der Waals surface area (Å²) in [6, 6.07) is 7.12. The van der Waals surface area contributed by atoms with Crippen molar-refractivity contribution in [2.24, 2.45) is 0 Å². The first-order valence-corrected chi connectivity index (χ1v) is 5.44. The Labute approximate surface area is 103 Å². The van der Waals surface area contributed by atoms with E-state index in [0.717, 1.165) is 5.56 Å². The van der Waals surface area contributed by atoms with Gasteiger partial charge in [0.2, 0.25) is 11.9 Å². The van der Waals surface area contributed by atoms with Crippen LogP contribution >= 0.6 is 11.6 Å². The van der Waals surface area contributed by atoms with E-state index in [4.69, 9.17) is 11.6 Å². The van der Waals surface area contributed by atoms with Crippen molar-refractivity contribution in [3.63, 3.8) is 0 Å². The molecule has 0 aliphatic rings. The van der Waals surface area contributed by atoms with Crippen molar-refractivity contribution >= 4 is 23.5 Å². The minimum absolute atomic E-state index is 0.161. The topological polar surface area (TPSA) is 70.7 Å². The summed E-state index contributed by atoms with van der Waals surface area (Å²) in [5.41, 5.74) is 0.888. The molecule has 0 aliphatic heterocycles. The normalized spacial score (nSPS) is 10.2. The first kappa shape index (κ1) is 11.6. The van der Waals surface area contributed by atoms with Crippen LogP contribution in [0.1, 0.15) is 11.4 Å². The van der Waals surface area contributed by atoms with Gasteiger partial charge in [-0.1, -0.05) is 23.7 Å². The Morgan fingerprint density at radius 2 is 2.12 bits per heavy atom. The molecule has 6 heteroatoms. The van der Waals surface area contributed by atoms with Crippen molar-refractivity contribution in [1.82, 2.24) is 15.2 Å². The maximum atomic E-state index is 11.6. The number of aromatic nitrogens is 3. The molecule has 0 saturated carbocycles. The highest BCUT2D eigenvalue weighted by Crippen LogP contribution is 2.10. The molecule has 0 aliphatic carbocycles. The average molecular weight is 251 g/mol. The molecule has 17 heavy (non-hydrogen) atoms. The standard InChI is InChI=1S/C11H11ClN4O/c1-7-13-11(16-15-7)14-10(17)6-8-2-4-9(12)5-3-8/h2-5H,6H2,1H3,(H2,13,14,15,16,17). The van der Waals surface area contributed by atoms with Crippen molar-refractivity contribution in [2.45, 2.75) is 13.3 Å². The highest BCUT2D eigenvalue weighted by Gasteiger charge is 2.06. The quantitative estimate of drug-likeness (QED) is 0.875. The van der Waals surface area contributed by atoms with E-state index >= 15 is 0 Å². The van der Waals surface area contributed by atoms with Gasteiger partial charge in [-0.3, -0.25) is 15.2 Å². The summed E-state index contributed by atoms with van der Waals surface area (Å²) in [6.07, 6.45) is 0.269. The second-order valence-corrected chi connectivity index (χ2v) is 4.03. The van der Waals surface area contributed by atoms with Crippen LogP contribution in [0.15, 0.2) is 24.3 Å². The molecule has 88 valence electrons. The number of nitrogens with zero attached hydrogens (tertiary/aromatic N) is 2. The summed E-state index contributed by atoms with van der Waals surface area (Å²) in [5, 5.41) is 9.73. The Morgan fingerprint density at radius 3 is 2.71 bits per heavy atom. The summed E-state index contributed by atoms with van der Waals surface area (Å²) in [4.78, 5) is 15.6. The fraction of sp³-hybridized carbons (Fsp3) is 0.182. The molecule has 1 aromatic heterocycles. The molecule has 0 atom stereocenters. The predicted octanol–water partition coefficient (Wildman–Crippen LogP) is 1.95. The minimum Gasteiger partial charge on any atom is -0.293 e. The lowest BCUT2D eigenvalue weighted by Crippen LogP contribution is -2.15. The number of H-pyrrole nitrogens is 1. The summed E-state index contributed by atoms with van der Waals surface area (Å²) in [5.74, 6) is 0.791. The average Bonchev–Trinajstić information content (AvgIpc) is 2.67. The fourth-order valence-electron chi connectivity index (χ4n) is 1.36. The van der Waals surface area contributed by atoms with E-state index in [9.17, 15) is 4.79 Å². The summed E-state index contributed by atoms with van der Waals surface area (Å²) >= 11 is 5.76. The van der Waals surface area contributed by atoms with Gasteiger partial charge in [-0.05, 0) is 24.6 Å². The third-order valence-corrected chi connectivity index (χ3v) is 2.38. The summed E-state index contributed by atoms with van der Waals surface area (Å²) in [7, 11) is 0. The van der Waals surface area contributed by atoms with Crippen LogP contribution in [0, 0.1) is 6.92 Å². The largest absolute Gasteiger partial charge is 0.293 e. The van der Waals surface area contributed by atoms with E-state index in [2.05, 4.69) is 20.5 Å². The van der Waals surface area contributed by atoms with Gasteiger partial charge in [0.05, 0.1) is 6.42 Å². The summed E-state index contributed by atoms with van der Waals surface area (Å²) < 4.78 is 0. The zero-order valence-corrected chi connectivity index (χ0v) is 9.95. The molecule has 2 rings (SSSR count). The maximum absolute atomic E-state index is 11.6. The van der Waals surface area contributed by atoms with Gasteiger partial charge >= 0.3 is 0 Å². The van der Waals surface area contributed by atoms with Crippen LogP contribution in [0.3, 0.4) is 0 Å². The Balaban J connectivity index is 1.95. The zero-order chi connectivity index (χ0) is 12.3. The molecule has 0 unspecified atom stereocenters. The fourth-order valence-corrected chi connectivity index (χ4v) is 1.48. The van der Waals surface area contributed by atoms with Crippen LogP contribution in [-0.4, -0.2) is 21.1 Å². The number of rotatable bonds is 3. The molecular weight excluding hydrogens is 240 g/mol. The molecular formula is C11H11ClN4O. The van der Waals surface area contributed by atoms with Gasteiger partial charge in [-0.25, -0.2) is 0 Å². The number of benzene rings is 1. The van der Waals surface area contributed by atoms with Gasteiger partial charge in [0.15, 0.2) is 0 Å². The number of amides is 1. The molecule has 1 heterocycles. The second kappa shape index (κ2) is 4.97. The molecule has 0 spiro atoms. The lowest BCUT2D eigenvalue weighted by molar-refractivity contribution is -0.115. The van der Waals surface area contributed by atoms with Crippen molar-refractivity contribution in [1.29, 1.82) is 0 Å². The van der Waals surface area contributed by atoms with Gasteiger partial charge in [-0.15, -0.1) is 5.10 Å². The van der Waals surface area contributed by atoms with E-state index in [1.807, 2.05) is 12.1 Å². The number of carbonyl (C=O) groups is 1. The second-order valence-electron chi connectivity index (χ2n) is 3.60.